The Balaban J connectivity index is 1.78. The van der Waals surface area contributed by atoms with Crippen molar-refractivity contribution in [2.45, 2.75) is 19.9 Å². The van der Waals surface area contributed by atoms with E-state index < -0.39 is 0 Å². The van der Waals surface area contributed by atoms with Crippen LogP contribution < -0.4 is 0 Å². The molecule has 2 heterocycles. The van der Waals surface area contributed by atoms with Crippen LogP contribution in [0.5, 0.6) is 0 Å². The van der Waals surface area contributed by atoms with Crippen LogP contribution in [-0.2, 0) is 4.74 Å². The minimum absolute atomic E-state index is 0.0235. The van der Waals surface area contributed by atoms with Crippen LogP contribution in [0.2, 0.25) is 0 Å². The molecule has 0 aliphatic carbocycles. The first-order valence-corrected chi connectivity index (χ1v) is 10.3. The third-order valence-corrected chi connectivity index (χ3v) is 5.64. The minimum Gasteiger partial charge on any atom is -0.501 e. The van der Waals surface area contributed by atoms with E-state index in [1.165, 1.54) is 16.7 Å². The van der Waals surface area contributed by atoms with E-state index in [0.717, 1.165) is 44.1 Å². The molecule has 2 aliphatic heterocycles. The Morgan fingerprint density at radius 3 is 2.39 bits per heavy atom. The molecule has 146 valence electrons. The predicted molar refractivity (Wildman–Crippen MR) is 115 cm³/mol. The summed E-state index contributed by atoms with van der Waals surface area (Å²) in [7, 11) is 0. The Morgan fingerprint density at radius 1 is 0.964 bits per heavy atom. The second-order valence-corrected chi connectivity index (χ2v) is 7.26. The van der Waals surface area contributed by atoms with Crippen molar-refractivity contribution < 1.29 is 4.74 Å². The number of piperazine rings is 1. The van der Waals surface area contributed by atoms with Gasteiger partial charge in [-0.05, 0) is 30.2 Å². The second kappa shape index (κ2) is 8.61. The molecule has 0 aromatic heterocycles. The van der Waals surface area contributed by atoms with Gasteiger partial charge in [-0.25, -0.2) is 0 Å². The van der Waals surface area contributed by atoms with Crippen molar-refractivity contribution in [2.75, 3.05) is 39.3 Å². The lowest BCUT2D eigenvalue weighted by Gasteiger charge is -2.39. The fourth-order valence-corrected chi connectivity index (χ4v) is 4.06. The van der Waals surface area contributed by atoms with Gasteiger partial charge in [0.25, 0.3) is 0 Å². The van der Waals surface area contributed by atoms with Crippen molar-refractivity contribution >= 4 is 11.4 Å². The van der Waals surface area contributed by atoms with Crippen LogP contribution in [0.3, 0.4) is 0 Å². The van der Waals surface area contributed by atoms with Crippen molar-refractivity contribution in [3.8, 4) is 0 Å². The largest absolute Gasteiger partial charge is 0.501 e. The molecule has 0 amide bonds. The van der Waals surface area contributed by atoms with Crippen molar-refractivity contribution in [1.82, 2.24) is 9.80 Å². The van der Waals surface area contributed by atoms with Crippen molar-refractivity contribution in [3.05, 3.63) is 77.5 Å². The summed E-state index contributed by atoms with van der Waals surface area (Å²) in [4.78, 5) is 10.2. The van der Waals surface area contributed by atoms with Crippen LogP contribution in [-0.4, -0.2) is 55.0 Å². The Morgan fingerprint density at radius 2 is 1.68 bits per heavy atom. The van der Waals surface area contributed by atoms with Gasteiger partial charge in [-0.2, -0.15) is 0 Å². The van der Waals surface area contributed by atoms with Crippen LogP contribution in [0.25, 0.3) is 5.57 Å². The SMILES string of the molecule is CCOC=C1C(N2CCN(CC)CC2)=NC(c2ccccc2)c2ccccc21. The van der Waals surface area contributed by atoms with Gasteiger partial charge >= 0.3 is 0 Å². The maximum Gasteiger partial charge on any atom is 0.135 e. The van der Waals surface area contributed by atoms with Crippen LogP contribution in [0.4, 0.5) is 0 Å². The van der Waals surface area contributed by atoms with Gasteiger partial charge in [0.05, 0.1) is 18.4 Å². The molecule has 2 aromatic carbocycles. The van der Waals surface area contributed by atoms with E-state index in [1.54, 1.807) is 0 Å². The summed E-state index contributed by atoms with van der Waals surface area (Å²) in [6.07, 6.45) is 1.91. The third-order valence-electron chi connectivity index (χ3n) is 5.64. The highest BCUT2D eigenvalue weighted by atomic mass is 16.5. The topological polar surface area (TPSA) is 28.1 Å². The second-order valence-electron chi connectivity index (χ2n) is 7.26. The van der Waals surface area contributed by atoms with Crippen LogP contribution >= 0.6 is 0 Å². The van der Waals surface area contributed by atoms with E-state index in [9.17, 15) is 0 Å². The van der Waals surface area contributed by atoms with E-state index in [1.807, 2.05) is 13.2 Å². The molecule has 0 bridgehead atoms. The molecule has 4 rings (SSSR count). The normalized spacial score (nSPS) is 21.4. The zero-order valence-electron chi connectivity index (χ0n) is 16.8. The van der Waals surface area contributed by atoms with E-state index in [-0.39, 0.29) is 6.04 Å². The van der Waals surface area contributed by atoms with Gasteiger partial charge in [0.2, 0.25) is 0 Å². The van der Waals surface area contributed by atoms with Gasteiger partial charge < -0.3 is 14.5 Å². The fraction of sp³-hybridized carbons (Fsp3) is 0.375. The fourth-order valence-electron chi connectivity index (χ4n) is 4.06. The van der Waals surface area contributed by atoms with Crippen LogP contribution in [0, 0.1) is 0 Å². The Hall–Kier alpha value is -2.59. The highest BCUT2D eigenvalue weighted by molar-refractivity contribution is 6.23. The average Bonchev–Trinajstić information content (AvgIpc) is 2.78. The van der Waals surface area contributed by atoms with Gasteiger partial charge in [-0.15, -0.1) is 0 Å². The Labute approximate surface area is 168 Å². The molecular formula is C24H29N3O. The van der Waals surface area contributed by atoms with E-state index in [2.05, 4.69) is 71.3 Å². The van der Waals surface area contributed by atoms with Crippen molar-refractivity contribution in [2.24, 2.45) is 4.99 Å². The molecule has 2 aromatic rings. The molecule has 0 spiro atoms. The summed E-state index contributed by atoms with van der Waals surface area (Å²) >= 11 is 0. The molecule has 1 unspecified atom stereocenters. The number of ether oxygens (including phenoxy) is 1. The number of amidine groups is 1. The summed E-state index contributed by atoms with van der Waals surface area (Å²) in [5, 5.41) is 0. The summed E-state index contributed by atoms with van der Waals surface area (Å²) < 4.78 is 5.75. The maximum absolute atomic E-state index is 5.75. The lowest BCUT2D eigenvalue weighted by molar-refractivity contribution is 0.190. The van der Waals surface area contributed by atoms with Gasteiger partial charge in [-0.3, -0.25) is 4.99 Å². The number of benzene rings is 2. The van der Waals surface area contributed by atoms with Gasteiger partial charge in [-0.1, -0.05) is 61.5 Å². The summed E-state index contributed by atoms with van der Waals surface area (Å²) in [5.41, 5.74) is 4.81. The first-order chi connectivity index (χ1) is 13.8. The van der Waals surface area contributed by atoms with E-state index >= 15 is 0 Å². The average molecular weight is 376 g/mol. The van der Waals surface area contributed by atoms with Crippen molar-refractivity contribution in [1.29, 1.82) is 0 Å². The standard InChI is InChI=1S/C24H29N3O/c1-3-26-14-16-27(17-15-26)24-22(18-28-4-2)20-12-8-9-13-21(20)23(25-24)19-10-6-5-7-11-19/h5-13,18,23H,3-4,14-17H2,1-2H3. The summed E-state index contributed by atoms with van der Waals surface area (Å²) in [6, 6.07) is 19.2. The van der Waals surface area contributed by atoms with E-state index in [4.69, 9.17) is 9.73 Å². The van der Waals surface area contributed by atoms with Crippen LogP contribution in [0.15, 0.2) is 65.9 Å². The number of likely N-dealkylation sites (N-methyl/N-ethyl adjacent to an activating group) is 1. The number of rotatable bonds is 4. The zero-order valence-corrected chi connectivity index (χ0v) is 16.8. The summed E-state index contributed by atoms with van der Waals surface area (Å²) in [5.74, 6) is 1.07. The van der Waals surface area contributed by atoms with Crippen LogP contribution in [0.1, 0.15) is 36.6 Å². The van der Waals surface area contributed by atoms with Gasteiger partial charge in [0, 0.05) is 26.2 Å². The van der Waals surface area contributed by atoms with Crippen molar-refractivity contribution in [3.63, 3.8) is 0 Å². The molecule has 2 aliphatic rings. The smallest absolute Gasteiger partial charge is 0.135 e. The lowest BCUT2D eigenvalue weighted by Crippen LogP contribution is -2.49. The third kappa shape index (κ3) is 3.69. The molecule has 1 atom stereocenters. The monoisotopic (exact) mass is 375 g/mol. The molecule has 4 nitrogen and oxygen atoms in total. The number of fused-ring (bicyclic) bond motifs is 1. The summed E-state index contributed by atoms with van der Waals surface area (Å²) in [6.45, 7) is 10.2. The Bertz CT molecular complexity index is 851. The first kappa shape index (κ1) is 18.8. The first-order valence-electron chi connectivity index (χ1n) is 10.3. The highest BCUT2D eigenvalue weighted by Crippen LogP contribution is 2.38. The zero-order chi connectivity index (χ0) is 19.3. The molecule has 4 heteroatoms. The minimum atomic E-state index is 0.0235. The lowest BCUT2D eigenvalue weighted by atomic mass is 9.88. The van der Waals surface area contributed by atoms with Gasteiger partial charge in [0.1, 0.15) is 11.9 Å². The molecule has 0 radical (unpaired) electrons. The highest BCUT2D eigenvalue weighted by Gasteiger charge is 2.31. The maximum atomic E-state index is 5.75. The quantitative estimate of drug-likeness (QED) is 0.750. The number of hydrogen-bond acceptors (Lipinski definition) is 4. The molecule has 1 saturated heterocycles. The molecular weight excluding hydrogens is 346 g/mol. The molecule has 1 fully saturated rings. The number of aliphatic imine (C=N–C) groups is 1. The number of nitrogens with zero attached hydrogens (tertiary/aromatic N) is 3. The molecule has 28 heavy (non-hydrogen) atoms. The number of hydrogen-bond donors (Lipinski definition) is 0. The van der Waals surface area contributed by atoms with E-state index in [0.29, 0.717) is 6.61 Å². The molecule has 0 N–H and O–H groups in total. The predicted octanol–water partition coefficient (Wildman–Crippen LogP) is 4.20. The Kier molecular flexibility index (Phi) is 5.77. The molecule has 0 saturated carbocycles. The van der Waals surface area contributed by atoms with Gasteiger partial charge in [0.15, 0.2) is 0 Å².